The second-order valence-electron chi connectivity index (χ2n) is 14.7. The lowest BCUT2D eigenvalue weighted by Crippen LogP contribution is -2.42. The number of aromatic nitrogens is 4. The Bertz CT molecular complexity index is 2530. The van der Waals surface area contributed by atoms with Crippen LogP contribution in [0.4, 0.5) is 18.4 Å². The number of carbonyl (C=O) groups is 4. The maximum Gasteiger partial charge on any atom is 0.405 e. The Kier molecular flexibility index (Phi) is 11.1. The van der Waals surface area contributed by atoms with Gasteiger partial charge in [0, 0.05) is 24.2 Å². The van der Waals surface area contributed by atoms with Crippen LogP contribution in [0.1, 0.15) is 72.6 Å². The van der Waals surface area contributed by atoms with E-state index in [0.29, 0.717) is 72.8 Å². The van der Waals surface area contributed by atoms with Crippen LogP contribution in [0.15, 0.2) is 109 Å². The predicted molar refractivity (Wildman–Crippen MR) is 215 cm³/mol. The van der Waals surface area contributed by atoms with Gasteiger partial charge in [-0.3, -0.25) is 9.59 Å². The van der Waals surface area contributed by atoms with E-state index in [9.17, 15) is 29.4 Å². The lowest BCUT2D eigenvalue weighted by Gasteiger charge is -2.28. The highest BCUT2D eigenvalue weighted by molar-refractivity contribution is 5.88. The SMILES string of the molecule is O=C(O)N[C@@H](C(=O)N1CCC[C@H]1c1ncc(-c2ccc(-c3cc(F)c(-c4cnc([C@@H]5CCCN5C(=O)[C@H](NC(=O)O)c5ccccc5)[nH]4)cc3F)cc2)[nH]1)c1ccccc1. The Morgan fingerprint density at radius 3 is 1.55 bits per heavy atom. The summed E-state index contributed by atoms with van der Waals surface area (Å²) in [6, 6.07) is 23.1. The number of amides is 4. The first-order valence-electron chi connectivity index (χ1n) is 19.5. The molecule has 0 spiro atoms. The van der Waals surface area contributed by atoms with Crippen molar-refractivity contribution < 1.29 is 38.2 Å². The van der Waals surface area contributed by atoms with Crippen LogP contribution in [0, 0.1) is 11.6 Å². The van der Waals surface area contributed by atoms with Gasteiger partial charge in [-0.1, -0.05) is 84.9 Å². The van der Waals surface area contributed by atoms with Crippen molar-refractivity contribution in [2.45, 2.75) is 49.9 Å². The highest BCUT2D eigenvalue weighted by atomic mass is 19.1. The maximum atomic E-state index is 15.8. The fourth-order valence-corrected chi connectivity index (χ4v) is 8.17. The molecule has 0 aliphatic carbocycles. The highest BCUT2D eigenvalue weighted by Crippen LogP contribution is 2.37. The Morgan fingerprint density at radius 1 is 0.617 bits per heavy atom. The van der Waals surface area contributed by atoms with E-state index in [1.165, 1.54) is 6.20 Å². The van der Waals surface area contributed by atoms with Crippen molar-refractivity contribution in [2.75, 3.05) is 13.1 Å². The van der Waals surface area contributed by atoms with E-state index >= 15 is 8.78 Å². The lowest BCUT2D eigenvalue weighted by molar-refractivity contribution is -0.135. The Morgan fingerprint density at radius 2 is 1.05 bits per heavy atom. The molecule has 0 unspecified atom stereocenters. The summed E-state index contributed by atoms with van der Waals surface area (Å²) in [5.41, 5.74) is 3.04. The molecule has 14 nitrogen and oxygen atoms in total. The molecule has 2 saturated heterocycles. The number of imidazole rings is 2. The number of nitrogens with one attached hydrogen (secondary N) is 4. The van der Waals surface area contributed by atoms with Crippen LogP contribution in [0.25, 0.3) is 33.6 Å². The van der Waals surface area contributed by atoms with Crippen molar-refractivity contribution >= 4 is 24.0 Å². The summed E-state index contributed by atoms with van der Waals surface area (Å²) in [5, 5.41) is 23.6. The summed E-state index contributed by atoms with van der Waals surface area (Å²) < 4.78 is 31.6. The standard InChI is InChI=1S/C44H40F2N8O6/c45-31-22-30(34-24-48-40(50-34)36-14-8-20-54(36)42(56)38(52-44(59)60)28-11-5-2-6-12-28)32(46)21-29(31)25-15-17-26(18-16-25)33-23-47-39(49-33)35-13-7-19-53(35)41(55)37(51-43(57)58)27-9-3-1-4-10-27/h1-6,9-12,15-18,21-24,35-38,51-52H,7-8,13-14,19-20H2,(H,47,49)(H,48,50)(H,57,58)(H,59,60)/t35-,36-,37+,38+/m0/s1. The van der Waals surface area contributed by atoms with Gasteiger partial charge in [0.15, 0.2) is 0 Å². The molecule has 8 rings (SSSR count). The van der Waals surface area contributed by atoms with Gasteiger partial charge in [-0.25, -0.2) is 28.3 Å². The number of hydrogen-bond acceptors (Lipinski definition) is 6. The molecule has 2 aromatic heterocycles. The number of halogens is 2. The molecular weight excluding hydrogens is 775 g/mol. The zero-order chi connectivity index (χ0) is 41.9. The molecule has 6 N–H and O–H groups in total. The molecule has 0 saturated carbocycles. The quantitative estimate of drug-likeness (QED) is 0.0763. The molecule has 2 fully saturated rings. The molecule has 0 bridgehead atoms. The smallest absolute Gasteiger partial charge is 0.405 e. The molecule has 0 radical (unpaired) electrons. The summed E-state index contributed by atoms with van der Waals surface area (Å²) in [4.78, 5) is 69.2. The number of benzene rings is 4. The molecular formula is C44H40F2N8O6. The van der Waals surface area contributed by atoms with Gasteiger partial charge in [-0.05, 0) is 60.1 Å². The summed E-state index contributed by atoms with van der Waals surface area (Å²) in [6.07, 6.45) is 2.90. The third-order valence-corrected chi connectivity index (χ3v) is 11.0. The van der Waals surface area contributed by atoms with Crippen molar-refractivity contribution in [1.82, 2.24) is 40.4 Å². The van der Waals surface area contributed by atoms with Crippen molar-refractivity contribution in [2.24, 2.45) is 0 Å². The van der Waals surface area contributed by atoms with Crippen LogP contribution in [0.2, 0.25) is 0 Å². The number of nitrogens with zero attached hydrogens (tertiary/aromatic N) is 4. The van der Waals surface area contributed by atoms with Crippen molar-refractivity contribution in [3.8, 4) is 33.6 Å². The molecule has 6 aromatic rings. The van der Waals surface area contributed by atoms with Crippen LogP contribution >= 0.6 is 0 Å². The van der Waals surface area contributed by atoms with Gasteiger partial charge in [0.1, 0.15) is 35.4 Å². The minimum atomic E-state index is -1.34. The fourth-order valence-electron chi connectivity index (χ4n) is 8.17. The monoisotopic (exact) mass is 814 g/mol. The zero-order valence-corrected chi connectivity index (χ0v) is 32.0. The molecule has 4 atom stereocenters. The van der Waals surface area contributed by atoms with Gasteiger partial charge in [0.05, 0.1) is 35.9 Å². The first-order valence-corrected chi connectivity index (χ1v) is 19.5. The first-order chi connectivity index (χ1) is 29.0. The van der Waals surface area contributed by atoms with Crippen molar-refractivity contribution in [3.63, 3.8) is 0 Å². The van der Waals surface area contributed by atoms with Gasteiger partial charge < -0.3 is 40.6 Å². The van der Waals surface area contributed by atoms with E-state index in [2.05, 4.69) is 30.6 Å². The minimum absolute atomic E-state index is 0.0429. The maximum absolute atomic E-state index is 15.8. The van der Waals surface area contributed by atoms with E-state index in [0.717, 1.165) is 17.7 Å². The van der Waals surface area contributed by atoms with Crippen LogP contribution in [-0.4, -0.2) is 77.0 Å². The molecule has 4 heterocycles. The van der Waals surface area contributed by atoms with Gasteiger partial charge >= 0.3 is 12.2 Å². The highest BCUT2D eigenvalue weighted by Gasteiger charge is 2.38. The molecule has 4 amide bonds. The number of H-pyrrole nitrogens is 2. The molecule has 306 valence electrons. The average molecular weight is 815 g/mol. The lowest BCUT2D eigenvalue weighted by atomic mass is 10.00. The Balaban J connectivity index is 0.967. The van der Waals surface area contributed by atoms with E-state index < -0.39 is 53.9 Å². The van der Waals surface area contributed by atoms with Crippen molar-refractivity contribution in [3.05, 3.63) is 144 Å². The van der Waals surface area contributed by atoms with Gasteiger partial charge in [-0.2, -0.15) is 0 Å². The summed E-state index contributed by atoms with van der Waals surface area (Å²) >= 11 is 0. The molecule has 2 aliphatic rings. The van der Waals surface area contributed by atoms with Gasteiger partial charge in [0.2, 0.25) is 0 Å². The Labute approximate surface area is 342 Å². The van der Waals surface area contributed by atoms with E-state index in [4.69, 9.17) is 0 Å². The molecule has 60 heavy (non-hydrogen) atoms. The van der Waals surface area contributed by atoms with Gasteiger partial charge in [0.25, 0.3) is 11.8 Å². The summed E-state index contributed by atoms with van der Waals surface area (Å²) in [5.74, 6) is -1.26. The number of rotatable bonds is 11. The van der Waals surface area contributed by atoms with Crippen LogP contribution in [0.5, 0.6) is 0 Å². The molecule has 4 aromatic carbocycles. The number of carbonyl (C=O) groups excluding carboxylic acids is 2. The number of carboxylic acid groups (broad SMARTS) is 2. The fraction of sp³-hybridized carbons (Fsp3) is 0.227. The molecule has 16 heteroatoms. The van der Waals surface area contributed by atoms with E-state index in [-0.39, 0.29) is 22.7 Å². The topological polar surface area (TPSA) is 197 Å². The largest absolute Gasteiger partial charge is 0.465 e. The first kappa shape index (κ1) is 39.5. The predicted octanol–water partition coefficient (Wildman–Crippen LogP) is 7.76. The second-order valence-corrected chi connectivity index (χ2v) is 14.7. The van der Waals surface area contributed by atoms with Crippen molar-refractivity contribution in [1.29, 1.82) is 0 Å². The van der Waals surface area contributed by atoms with E-state index in [1.807, 2.05) is 0 Å². The Hall–Kier alpha value is -7.36. The number of likely N-dealkylation sites (tertiary alicyclic amines) is 2. The molecule has 2 aliphatic heterocycles. The number of hydrogen-bond donors (Lipinski definition) is 6. The third-order valence-electron chi connectivity index (χ3n) is 11.0. The third kappa shape index (κ3) is 8.03. The summed E-state index contributed by atoms with van der Waals surface area (Å²) in [7, 11) is 0. The van der Waals surface area contributed by atoms with Crippen LogP contribution in [-0.2, 0) is 9.59 Å². The number of aromatic amines is 2. The van der Waals surface area contributed by atoms with Crippen LogP contribution < -0.4 is 10.6 Å². The normalized spacial score (nSPS) is 17.3. The van der Waals surface area contributed by atoms with E-state index in [1.54, 1.807) is 101 Å². The minimum Gasteiger partial charge on any atom is -0.465 e. The second kappa shape index (κ2) is 16.9. The van der Waals surface area contributed by atoms with Crippen LogP contribution in [0.3, 0.4) is 0 Å². The average Bonchev–Trinajstić information content (AvgIpc) is 4.10. The van der Waals surface area contributed by atoms with Gasteiger partial charge in [-0.15, -0.1) is 0 Å². The zero-order valence-electron chi connectivity index (χ0n) is 32.0. The summed E-state index contributed by atoms with van der Waals surface area (Å²) in [6.45, 7) is 0.803.